The van der Waals surface area contributed by atoms with Crippen molar-refractivity contribution in [2.45, 2.75) is 25.3 Å². The normalized spacial score (nSPS) is 24.5. The van der Waals surface area contributed by atoms with Crippen LogP contribution >= 0.6 is 0 Å². The summed E-state index contributed by atoms with van der Waals surface area (Å²) in [6, 6.07) is 0.411. The van der Waals surface area contributed by atoms with E-state index in [1.807, 2.05) is 6.08 Å². The van der Waals surface area contributed by atoms with E-state index >= 15 is 0 Å². The molecule has 1 aliphatic heterocycles. The number of hydrogen-bond donors (Lipinski definition) is 2. The van der Waals surface area contributed by atoms with Gasteiger partial charge in [-0.1, -0.05) is 12.2 Å². The minimum absolute atomic E-state index is 0.137. The number of carbonyl (C=O) groups is 1. The summed E-state index contributed by atoms with van der Waals surface area (Å²) in [6.45, 7) is 1.06. The third-order valence-corrected chi connectivity index (χ3v) is 1.76. The zero-order valence-electron chi connectivity index (χ0n) is 6.42. The molecule has 0 radical (unpaired) electrons. The third-order valence-electron chi connectivity index (χ3n) is 1.76. The lowest BCUT2D eigenvalue weighted by atomic mass is 10.2. The second-order valence-electron chi connectivity index (χ2n) is 2.73. The van der Waals surface area contributed by atoms with Crippen molar-refractivity contribution in [1.82, 2.24) is 5.32 Å². The fraction of sp³-hybridized carbons (Fsp3) is 0.625. The van der Waals surface area contributed by atoms with Crippen LogP contribution in [0.3, 0.4) is 0 Å². The topological polar surface area (TPSA) is 49.3 Å². The Balaban J connectivity index is 2.17. The molecule has 3 heteroatoms. The Morgan fingerprint density at radius 3 is 3.09 bits per heavy atom. The highest BCUT2D eigenvalue weighted by Crippen LogP contribution is 2.05. The van der Waals surface area contributed by atoms with Gasteiger partial charge in [-0.3, -0.25) is 4.79 Å². The van der Waals surface area contributed by atoms with Gasteiger partial charge < -0.3 is 10.4 Å². The lowest BCUT2D eigenvalue weighted by Gasteiger charge is -2.00. The first kappa shape index (κ1) is 8.27. The van der Waals surface area contributed by atoms with Crippen LogP contribution in [0.5, 0.6) is 0 Å². The molecule has 0 saturated carbocycles. The Morgan fingerprint density at radius 1 is 1.73 bits per heavy atom. The van der Waals surface area contributed by atoms with Gasteiger partial charge in [-0.25, -0.2) is 0 Å². The summed E-state index contributed by atoms with van der Waals surface area (Å²) in [5.41, 5.74) is 0. The quantitative estimate of drug-likeness (QED) is 0.592. The molecule has 0 aromatic carbocycles. The highest BCUT2D eigenvalue weighted by atomic mass is 16.4. The maximum Gasteiger partial charge on any atom is 0.307 e. The van der Waals surface area contributed by atoms with Crippen molar-refractivity contribution < 1.29 is 9.90 Å². The molecule has 0 spiro atoms. The summed E-state index contributed by atoms with van der Waals surface area (Å²) >= 11 is 0. The van der Waals surface area contributed by atoms with Crippen LogP contribution < -0.4 is 5.32 Å². The van der Waals surface area contributed by atoms with Crippen LogP contribution in [0.2, 0.25) is 0 Å². The lowest BCUT2D eigenvalue weighted by molar-refractivity contribution is -0.136. The molecule has 1 atom stereocenters. The monoisotopic (exact) mass is 155 g/mol. The molecule has 1 unspecified atom stereocenters. The first-order valence-electron chi connectivity index (χ1n) is 3.91. The van der Waals surface area contributed by atoms with Crippen LogP contribution in [-0.2, 0) is 4.79 Å². The maximum atomic E-state index is 10.1. The van der Waals surface area contributed by atoms with E-state index in [0.29, 0.717) is 6.04 Å². The molecule has 2 N–H and O–H groups in total. The molecule has 1 rings (SSSR count). The fourth-order valence-corrected chi connectivity index (χ4v) is 1.21. The van der Waals surface area contributed by atoms with Crippen LogP contribution in [0.1, 0.15) is 19.3 Å². The van der Waals surface area contributed by atoms with E-state index in [9.17, 15) is 4.79 Å². The van der Waals surface area contributed by atoms with Gasteiger partial charge in [0, 0.05) is 6.04 Å². The van der Waals surface area contributed by atoms with Gasteiger partial charge in [0.15, 0.2) is 0 Å². The van der Waals surface area contributed by atoms with E-state index < -0.39 is 5.97 Å². The van der Waals surface area contributed by atoms with Gasteiger partial charge in [-0.05, 0) is 19.4 Å². The molecule has 0 amide bonds. The number of nitrogens with one attached hydrogen (secondary N) is 1. The van der Waals surface area contributed by atoms with Gasteiger partial charge in [0.2, 0.25) is 0 Å². The van der Waals surface area contributed by atoms with Crippen LogP contribution in [-0.4, -0.2) is 23.7 Å². The Kier molecular flexibility index (Phi) is 3.11. The summed E-state index contributed by atoms with van der Waals surface area (Å²) in [7, 11) is 0. The first-order valence-corrected chi connectivity index (χ1v) is 3.91. The number of rotatable bonds is 3. The second kappa shape index (κ2) is 4.13. The molecule has 0 aromatic heterocycles. The van der Waals surface area contributed by atoms with Gasteiger partial charge in [-0.2, -0.15) is 0 Å². The summed E-state index contributed by atoms with van der Waals surface area (Å²) < 4.78 is 0. The van der Waals surface area contributed by atoms with Gasteiger partial charge in [0.25, 0.3) is 0 Å². The summed E-state index contributed by atoms with van der Waals surface area (Å²) in [6.07, 6.45) is 6.13. The van der Waals surface area contributed by atoms with Crippen molar-refractivity contribution in [1.29, 1.82) is 0 Å². The standard InChI is InChI=1S/C8H13NO2/c10-8(11)5-1-3-7-4-2-6-9-7/h1,3,7,9H,2,4-6H2,(H,10,11)/b3-1+. The van der Waals surface area contributed by atoms with E-state index in [4.69, 9.17) is 5.11 Å². The van der Waals surface area contributed by atoms with E-state index in [1.165, 1.54) is 6.42 Å². The maximum absolute atomic E-state index is 10.1. The molecule has 0 aliphatic carbocycles. The molecule has 0 aromatic rings. The predicted octanol–water partition coefficient (Wildman–Crippen LogP) is 0.769. The number of aliphatic carboxylic acids is 1. The van der Waals surface area contributed by atoms with E-state index in [2.05, 4.69) is 5.32 Å². The smallest absolute Gasteiger partial charge is 0.307 e. The number of hydrogen-bond acceptors (Lipinski definition) is 2. The van der Waals surface area contributed by atoms with Gasteiger partial charge >= 0.3 is 5.97 Å². The van der Waals surface area contributed by atoms with Crippen molar-refractivity contribution in [2.24, 2.45) is 0 Å². The minimum Gasteiger partial charge on any atom is -0.481 e. The average molecular weight is 155 g/mol. The Morgan fingerprint density at radius 2 is 2.55 bits per heavy atom. The van der Waals surface area contributed by atoms with Crippen molar-refractivity contribution in [3.8, 4) is 0 Å². The first-order chi connectivity index (χ1) is 5.29. The summed E-state index contributed by atoms with van der Waals surface area (Å²) in [5, 5.41) is 11.6. The number of carboxylic acid groups (broad SMARTS) is 1. The van der Waals surface area contributed by atoms with Crippen molar-refractivity contribution in [3.05, 3.63) is 12.2 Å². The highest BCUT2D eigenvalue weighted by Gasteiger charge is 2.09. The van der Waals surface area contributed by atoms with Crippen LogP contribution in [0, 0.1) is 0 Å². The molecule has 1 heterocycles. The Bertz CT molecular complexity index is 159. The van der Waals surface area contributed by atoms with Crippen molar-refractivity contribution in [2.75, 3.05) is 6.54 Å². The van der Waals surface area contributed by atoms with E-state index in [-0.39, 0.29) is 6.42 Å². The molecular formula is C8H13NO2. The molecular weight excluding hydrogens is 142 g/mol. The second-order valence-corrected chi connectivity index (χ2v) is 2.73. The largest absolute Gasteiger partial charge is 0.481 e. The van der Waals surface area contributed by atoms with Crippen molar-refractivity contribution in [3.63, 3.8) is 0 Å². The minimum atomic E-state index is -0.765. The lowest BCUT2D eigenvalue weighted by Crippen LogP contribution is -2.18. The fourth-order valence-electron chi connectivity index (χ4n) is 1.21. The molecule has 62 valence electrons. The Hall–Kier alpha value is -0.830. The third kappa shape index (κ3) is 3.18. The molecule has 1 saturated heterocycles. The van der Waals surface area contributed by atoms with Gasteiger partial charge in [-0.15, -0.1) is 0 Å². The molecule has 1 fully saturated rings. The highest BCUT2D eigenvalue weighted by molar-refractivity contribution is 5.68. The summed E-state index contributed by atoms with van der Waals surface area (Å²) in [4.78, 5) is 10.1. The molecule has 11 heavy (non-hydrogen) atoms. The predicted molar refractivity (Wildman–Crippen MR) is 42.4 cm³/mol. The van der Waals surface area contributed by atoms with Crippen LogP contribution in [0.4, 0.5) is 0 Å². The molecule has 3 nitrogen and oxygen atoms in total. The van der Waals surface area contributed by atoms with Crippen molar-refractivity contribution >= 4 is 5.97 Å². The molecule has 1 aliphatic rings. The average Bonchev–Trinajstić information content (AvgIpc) is 2.39. The Labute approximate surface area is 66.1 Å². The van der Waals surface area contributed by atoms with Gasteiger partial charge in [0.1, 0.15) is 0 Å². The zero-order chi connectivity index (χ0) is 8.10. The van der Waals surface area contributed by atoms with Crippen LogP contribution in [0.15, 0.2) is 12.2 Å². The zero-order valence-corrected chi connectivity index (χ0v) is 6.42. The summed E-state index contributed by atoms with van der Waals surface area (Å²) in [5.74, 6) is -0.765. The number of carboxylic acids is 1. The van der Waals surface area contributed by atoms with Gasteiger partial charge in [0.05, 0.1) is 6.42 Å². The molecule has 0 bridgehead atoms. The van der Waals surface area contributed by atoms with E-state index in [0.717, 1.165) is 13.0 Å². The SMILES string of the molecule is O=C(O)C/C=C/C1CCCN1. The van der Waals surface area contributed by atoms with Crippen LogP contribution in [0.25, 0.3) is 0 Å². The van der Waals surface area contributed by atoms with E-state index in [1.54, 1.807) is 6.08 Å².